The Labute approximate surface area is 172 Å². The molecule has 7 heteroatoms. The first-order chi connectivity index (χ1) is 14.7. The van der Waals surface area contributed by atoms with Crippen LogP contribution in [0.5, 0.6) is 11.5 Å². The standard InChI is InChI=1S/C23H18O7/c24-22(25)18-8-15-6-7-19-21(30-23(29-19)20-12-27-13-28-20)17(15)9-16(18)11-26-10-14-4-2-1-3-5-14/h1-9,12,23H,10-11,13H2,(H,24,25). The topological polar surface area (TPSA) is 83.5 Å². The lowest BCUT2D eigenvalue weighted by atomic mass is 10.0. The first kappa shape index (κ1) is 18.3. The normalized spacial score (nSPS) is 16.8. The van der Waals surface area contributed by atoms with Gasteiger partial charge >= 0.3 is 12.3 Å². The molecule has 0 radical (unpaired) electrons. The van der Waals surface area contributed by atoms with Crippen molar-refractivity contribution in [2.24, 2.45) is 0 Å². The fraction of sp³-hybridized carbons (Fsp3) is 0.174. The molecule has 0 spiro atoms. The predicted molar refractivity (Wildman–Crippen MR) is 106 cm³/mol. The van der Waals surface area contributed by atoms with E-state index in [-0.39, 0.29) is 19.0 Å². The zero-order valence-corrected chi connectivity index (χ0v) is 15.9. The van der Waals surface area contributed by atoms with E-state index in [1.807, 2.05) is 30.3 Å². The van der Waals surface area contributed by atoms with Crippen molar-refractivity contribution in [2.45, 2.75) is 19.5 Å². The van der Waals surface area contributed by atoms with E-state index in [4.69, 9.17) is 23.7 Å². The van der Waals surface area contributed by atoms with Gasteiger partial charge in [-0.15, -0.1) is 0 Å². The van der Waals surface area contributed by atoms with E-state index in [9.17, 15) is 9.90 Å². The molecule has 152 valence electrons. The van der Waals surface area contributed by atoms with Gasteiger partial charge in [0, 0.05) is 5.39 Å². The van der Waals surface area contributed by atoms with Crippen LogP contribution >= 0.6 is 0 Å². The van der Waals surface area contributed by atoms with Crippen molar-refractivity contribution in [3.05, 3.63) is 83.3 Å². The Hall–Kier alpha value is -3.71. The number of carbonyl (C=O) groups is 1. The van der Waals surface area contributed by atoms with Crippen LogP contribution in [0.1, 0.15) is 21.5 Å². The molecule has 0 bridgehead atoms. The average Bonchev–Trinajstić information content (AvgIpc) is 3.43. The summed E-state index contributed by atoms with van der Waals surface area (Å²) in [5.74, 6) is 0.540. The Bertz CT molecular complexity index is 1140. The highest BCUT2D eigenvalue weighted by molar-refractivity contribution is 5.99. The summed E-state index contributed by atoms with van der Waals surface area (Å²) in [6.45, 7) is 0.668. The van der Waals surface area contributed by atoms with Crippen molar-refractivity contribution in [3.8, 4) is 11.5 Å². The third-order valence-corrected chi connectivity index (χ3v) is 4.94. The molecule has 3 aromatic rings. The molecule has 1 unspecified atom stereocenters. The smallest absolute Gasteiger partial charge is 0.336 e. The first-order valence-corrected chi connectivity index (χ1v) is 9.41. The maximum atomic E-state index is 11.8. The van der Waals surface area contributed by atoms with Crippen LogP contribution in [0.25, 0.3) is 10.8 Å². The molecule has 0 fully saturated rings. The fourth-order valence-corrected chi connectivity index (χ4v) is 3.49. The number of carboxylic acids is 1. The summed E-state index contributed by atoms with van der Waals surface area (Å²) in [5, 5.41) is 11.2. The molecule has 2 aliphatic rings. The average molecular weight is 406 g/mol. The molecule has 0 saturated carbocycles. The van der Waals surface area contributed by atoms with Gasteiger partial charge in [0.05, 0.1) is 18.8 Å². The van der Waals surface area contributed by atoms with Gasteiger partial charge in [0.1, 0.15) is 6.26 Å². The van der Waals surface area contributed by atoms with E-state index in [0.29, 0.717) is 29.4 Å². The number of hydrogen-bond acceptors (Lipinski definition) is 6. The summed E-state index contributed by atoms with van der Waals surface area (Å²) in [7, 11) is 0. The van der Waals surface area contributed by atoms with Crippen LogP contribution in [0.3, 0.4) is 0 Å². The Balaban J connectivity index is 1.45. The van der Waals surface area contributed by atoms with E-state index in [2.05, 4.69) is 0 Å². The minimum absolute atomic E-state index is 0.126. The van der Waals surface area contributed by atoms with Gasteiger partial charge in [-0.1, -0.05) is 36.4 Å². The molecule has 0 aromatic heterocycles. The van der Waals surface area contributed by atoms with Crippen molar-refractivity contribution in [2.75, 3.05) is 6.79 Å². The zero-order chi connectivity index (χ0) is 20.5. The van der Waals surface area contributed by atoms with E-state index >= 15 is 0 Å². The Morgan fingerprint density at radius 1 is 1.07 bits per heavy atom. The van der Waals surface area contributed by atoms with Crippen LogP contribution in [0.15, 0.2) is 66.6 Å². The summed E-state index contributed by atoms with van der Waals surface area (Å²) < 4.78 is 28.0. The Morgan fingerprint density at radius 3 is 2.70 bits per heavy atom. The number of hydrogen-bond donors (Lipinski definition) is 1. The molecule has 0 aliphatic carbocycles. The lowest BCUT2D eigenvalue weighted by Gasteiger charge is -2.11. The molecule has 0 saturated heterocycles. The van der Waals surface area contributed by atoms with Crippen LogP contribution < -0.4 is 9.47 Å². The van der Waals surface area contributed by atoms with Crippen LogP contribution in [0, 0.1) is 0 Å². The maximum absolute atomic E-state index is 11.8. The predicted octanol–water partition coefficient (Wildman–Crippen LogP) is 4.20. The van der Waals surface area contributed by atoms with Gasteiger partial charge in [-0.25, -0.2) is 4.79 Å². The van der Waals surface area contributed by atoms with Crippen molar-refractivity contribution in [3.63, 3.8) is 0 Å². The Morgan fingerprint density at radius 2 is 1.93 bits per heavy atom. The second kappa shape index (κ2) is 7.61. The molecule has 5 rings (SSSR count). The summed E-state index contributed by atoms with van der Waals surface area (Å²) in [6, 6.07) is 16.7. The Kier molecular flexibility index (Phi) is 4.65. The molecule has 0 amide bonds. The molecular formula is C23H18O7. The van der Waals surface area contributed by atoms with E-state index in [0.717, 1.165) is 16.3 Å². The van der Waals surface area contributed by atoms with Crippen LogP contribution in [0.2, 0.25) is 0 Å². The second-order valence-corrected chi connectivity index (χ2v) is 6.92. The number of benzene rings is 3. The van der Waals surface area contributed by atoms with Gasteiger partial charge in [-0.05, 0) is 34.7 Å². The lowest BCUT2D eigenvalue weighted by Crippen LogP contribution is -2.21. The summed E-state index contributed by atoms with van der Waals surface area (Å²) in [4.78, 5) is 11.8. The number of fused-ring (bicyclic) bond motifs is 3. The highest BCUT2D eigenvalue weighted by Gasteiger charge is 2.33. The lowest BCUT2D eigenvalue weighted by molar-refractivity contribution is 0.00548. The molecule has 3 aromatic carbocycles. The fourth-order valence-electron chi connectivity index (χ4n) is 3.49. The van der Waals surface area contributed by atoms with E-state index in [1.54, 1.807) is 24.3 Å². The quantitative estimate of drug-likeness (QED) is 0.657. The molecule has 2 aliphatic heterocycles. The zero-order valence-electron chi connectivity index (χ0n) is 15.9. The summed E-state index contributed by atoms with van der Waals surface area (Å²) in [6.07, 6.45) is 0.731. The first-order valence-electron chi connectivity index (χ1n) is 9.41. The second-order valence-electron chi connectivity index (χ2n) is 6.92. The molecule has 1 N–H and O–H groups in total. The van der Waals surface area contributed by atoms with E-state index < -0.39 is 12.3 Å². The van der Waals surface area contributed by atoms with Crippen molar-refractivity contribution < 1.29 is 33.6 Å². The third kappa shape index (κ3) is 3.40. The van der Waals surface area contributed by atoms with Gasteiger partial charge in [-0.3, -0.25) is 0 Å². The molecule has 1 atom stereocenters. The third-order valence-electron chi connectivity index (χ3n) is 4.94. The van der Waals surface area contributed by atoms with Gasteiger partial charge < -0.3 is 28.8 Å². The van der Waals surface area contributed by atoms with Gasteiger partial charge in [0.15, 0.2) is 11.5 Å². The van der Waals surface area contributed by atoms with Gasteiger partial charge in [0.2, 0.25) is 12.6 Å². The molecule has 7 nitrogen and oxygen atoms in total. The largest absolute Gasteiger partial charge is 0.478 e. The van der Waals surface area contributed by atoms with Crippen molar-refractivity contribution in [1.82, 2.24) is 0 Å². The highest BCUT2D eigenvalue weighted by Crippen LogP contribution is 2.43. The SMILES string of the molecule is O=C(O)c1cc2ccc3c(c2cc1COCc1ccccc1)OC(C1=COCO1)O3. The van der Waals surface area contributed by atoms with Gasteiger partial charge in [0.25, 0.3) is 0 Å². The number of rotatable bonds is 6. The van der Waals surface area contributed by atoms with Crippen LogP contribution in [-0.2, 0) is 27.4 Å². The maximum Gasteiger partial charge on any atom is 0.336 e. The number of aromatic carboxylic acids is 1. The minimum Gasteiger partial charge on any atom is -0.478 e. The van der Waals surface area contributed by atoms with Crippen molar-refractivity contribution in [1.29, 1.82) is 0 Å². The van der Waals surface area contributed by atoms with Crippen molar-refractivity contribution >= 4 is 16.7 Å². The summed E-state index contributed by atoms with van der Waals surface area (Å²) >= 11 is 0. The minimum atomic E-state index is -1.01. The summed E-state index contributed by atoms with van der Waals surface area (Å²) in [5.41, 5.74) is 1.77. The van der Waals surface area contributed by atoms with Gasteiger partial charge in [-0.2, -0.15) is 0 Å². The molecular weight excluding hydrogens is 388 g/mol. The molecule has 30 heavy (non-hydrogen) atoms. The molecule has 2 heterocycles. The highest BCUT2D eigenvalue weighted by atomic mass is 16.8. The number of carboxylic acid groups (broad SMARTS) is 1. The van der Waals surface area contributed by atoms with Crippen LogP contribution in [-0.4, -0.2) is 24.2 Å². The van der Waals surface area contributed by atoms with Crippen LogP contribution in [0.4, 0.5) is 0 Å². The monoisotopic (exact) mass is 406 g/mol. The van der Waals surface area contributed by atoms with E-state index in [1.165, 1.54) is 6.26 Å². The number of ether oxygens (including phenoxy) is 5.